The second kappa shape index (κ2) is 14.1. The molecule has 0 spiro atoms. The Labute approximate surface area is 247 Å². The van der Waals surface area contributed by atoms with E-state index >= 15 is 0 Å². The van der Waals surface area contributed by atoms with Crippen LogP contribution in [-0.4, -0.2) is 29.3 Å². The van der Waals surface area contributed by atoms with E-state index in [9.17, 15) is 19.2 Å². The van der Waals surface area contributed by atoms with E-state index in [1.54, 1.807) is 103 Å². The van der Waals surface area contributed by atoms with Crippen molar-refractivity contribution < 1.29 is 19.2 Å². The Morgan fingerprint density at radius 1 is 0.732 bits per heavy atom. The zero-order valence-electron chi connectivity index (χ0n) is 22.0. The van der Waals surface area contributed by atoms with Crippen molar-refractivity contribution in [3.05, 3.63) is 131 Å². The van der Waals surface area contributed by atoms with Crippen molar-refractivity contribution in [1.82, 2.24) is 5.32 Å². The van der Waals surface area contributed by atoms with E-state index in [1.807, 2.05) is 0 Å². The van der Waals surface area contributed by atoms with Gasteiger partial charge in [-0.2, -0.15) is 0 Å². The highest BCUT2D eigenvalue weighted by atomic mass is 35.5. The van der Waals surface area contributed by atoms with Gasteiger partial charge in [0.15, 0.2) is 5.78 Å². The van der Waals surface area contributed by atoms with Crippen molar-refractivity contribution in [3.8, 4) is 0 Å². The predicted molar refractivity (Wildman–Crippen MR) is 164 cm³/mol. The molecule has 0 saturated heterocycles. The number of hydrogen-bond acceptors (Lipinski definition) is 5. The maximum Gasteiger partial charge on any atom is 0.272 e. The van der Waals surface area contributed by atoms with Gasteiger partial charge in [0.1, 0.15) is 5.70 Å². The SMILES string of the molecule is CC(=O)c1ccc(NC(=O)CSc2ccc(NC(=O)/C(=C/c3ccccc3Cl)NC(=O)c3ccccc3)cc2)cc1. The molecular formula is C32H26ClN3O4S. The van der Waals surface area contributed by atoms with Crippen molar-refractivity contribution in [1.29, 1.82) is 0 Å². The van der Waals surface area contributed by atoms with Gasteiger partial charge in [-0.3, -0.25) is 19.2 Å². The molecule has 0 atom stereocenters. The van der Waals surface area contributed by atoms with Gasteiger partial charge in [0.25, 0.3) is 11.8 Å². The zero-order chi connectivity index (χ0) is 29.2. The average molecular weight is 584 g/mol. The van der Waals surface area contributed by atoms with Crippen LogP contribution in [0.3, 0.4) is 0 Å². The van der Waals surface area contributed by atoms with Crippen LogP contribution in [0.1, 0.15) is 33.2 Å². The molecule has 0 aliphatic carbocycles. The Morgan fingerprint density at radius 2 is 1.34 bits per heavy atom. The molecule has 4 rings (SSSR count). The van der Waals surface area contributed by atoms with Gasteiger partial charge >= 0.3 is 0 Å². The van der Waals surface area contributed by atoms with E-state index in [1.165, 1.54) is 24.8 Å². The number of thioether (sulfide) groups is 1. The summed E-state index contributed by atoms with van der Waals surface area (Å²) in [6.45, 7) is 1.49. The van der Waals surface area contributed by atoms with Crippen LogP contribution in [0.15, 0.2) is 114 Å². The van der Waals surface area contributed by atoms with Gasteiger partial charge in [0.05, 0.1) is 5.75 Å². The van der Waals surface area contributed by atoms with Crippen LogP contribution in [0, 0.1) is 0 Å². The molecule has 0 bridgehead atoms. The number of halogens is 1. The largest absolute Gasteiger partial charge is 0.325 e. The summed E-state index contributed by atoms with van der Waals surface area (Å²) >= 11 is 7.62. The molecular weight excluding hydrogens is 558 g/mol. The number of Topliss-reactive ketones (excluding diaryl/α,β-unsaturated/α-hetero) is 1. The Balaban J connectivity index is 1.38. The number of ketones is 1. The summed E-state index contributed by atoms with van der Waals surface area (Å²) in [7, 11) is 0. The molecule has 4 aromatic carbocycles. The minimum atomic E-state index is -0.523. The third-order valence-corrected chi connectivity index (χ3v) is 7.15. The molecule has 0 aromatic heterocycles. The monoisotopic (exact) mass is 583 g/mol. The third kappa shape index (κ3) is 8.66. The van der Waals surface area contributed by atoms with E-state index in [4.69, 9.17) is 11.6 Å². The number of benzene rings is 4. The molecule has 0 radical (unpaired) electrons. The lowest BCUT2D eigenvalue weighted by Gasteiger charge is -2.12. The number of carbonyl (C=O) groups is 4. The maximum absolute atomic E-state index is 13.2. The number of rotatable bonds is 10. The molecule has 4 aromatic rings. The van der Waals surface area contributed by atoms with Crippen LogP contribution >= 0.6 is 23.4 Å². The standard InChI is InChI=1S/C32H26ClN3O4S/c1-21(37)22-11-13-25(14-12-22)34-30(38)20-41-27-17-15-26(16-18-27)35-32(40)29(19-24-9-5-6-10-28(24)33)36-31(39)23-7-3-2-4-8-23/h2-19H,20H2,1H3,(H,34,38)(H,35,40)(H,36,39)/b29-19-. The lowest BCUT2D eigenvalue weighted by Crippen LogP contribution is -2.30. The van der Waals surface area contributed by atoms with Crippen LogP contribution in [-0.2, 0) is 9.59 Å². The Morgan fingerprint density at radius 3 is 2.00 bits per heavy atom. The average Bonchev–Trinajstić information content (AvgIpc) is 2.98. The first kappa shape index (κ1) is 29.3. The predicted octanol–water partition coefficient (Wildman–Crippen LogP) is 6.68. The van der Waals surface area contributed by atoms with Gasteiger partial charge < -0.3 is 16.0 Å². The normalized spacial score (nSPS) is 10.9. The molecule has 9 heteroatoms. The molecule has 7 nitrogen and oxygen atoms in total. The number of carbonyl (C=O) groups excluding carboxylic acids is 4. The first-order valence-corrected chi connectivity index (χ1v) is 13.9. The lowest BCUT2D eigenvalue weighted by atomic mass is 10.1. The van der Waals surface area contributed by atoms with Gasteiger partial charge in [-0.1, -0.05) is 48.0 Å². The van der Waals surface area contributed by atoms with E-state index in [0.717, 1.165) is 4.90 Å². The molecule has 206 valence electrons. The molecule has 0 aliphatic heterocycles. The van der Waals surface area contributed by atoms with Gasteiger partial charge in [0.2, 0.25) is 5.91 Å². The van der Waals surface area contributed by atoms with Crippen molar-refractivity contribution in [2.75, 3.05) is 16.4 Å². The summed E-state index contributed by atoms with van der Waals surface area (Å²) in [5, 5.41) is 8.72. The van der Waals surface area contributed by atoms with Crippen LogP contribution in [0.25, 0.3) is 6.08 Å². The highest BCUT2D eigenvalue weighted by Gasteiger charge is 2.16. The highest BCUT2D eigenvalue weighted by Crippen LogP contribution is 2.22. The van der Waals surface area contributed by atoms with Crippen molar-refractivity contribution >= 4 is 64.3 Å². The number of amides is 3. The van der Waals surface area contributed by atoms with E-state index in [0.29, 0.717) is 33.1 Å². The quantitative estimate of drug-likeness (QED) is 0.110. The summed E-state index contributed by atoms with van der Waals surface area (Å²) in [6, 6.07) is 29.3. The Hall–Kier alpha value is -4.66. The fraction of sp³-hybridized carbons (Fsp3) is 0.0625. The fourth-order valence-corrected chi connectivity index (χ4v) is 4.55. The smallest absolute Gasteiger partial charge is 0.272 e. The van der Waals surface area contributed by atoms with Gasteiger partial charge in [-0.05, 0) is 85.3 Å². The molecule has 3 N–H and O–H groups in total. The number of nitrogens with one attached hydrogen (secondary N) is 3. The Bertz CT molecular complexity index is 1590. The molecule has 0 saturated carbocycles. The fourth-order valence-electron chi connectivity index (χ4n) is 3.66. The Kier molecular flexibility index (Phi) is 10.1. The first-order chi connectivity index (χ1) is 19.8. The third-order valence-electron chi connectivity index (χ3n) is 5.79. The summed E-state index contributed by atoms with van der Waals surface area (Å²) < 4.78 is 0. The number of anilines is 2. The summed E-state index contributed by atoms with van der Waals surface area (Å²) in [5.74, 6) is -1.01. The molecule has 41 heavy (non-hydrogen) atoms. The van der Waals surface area contributed by atoms with E-state index in [-0.39, 0.29) is 23.1 Å². The second-order valence-electron chi connectivity index (χ2n) is 8.85. The van der Waals surface area contributed by atoms with Crippen LogP contribution in [0.2, 0.25) is 5.02 Å². The van der Waals surface area contributed by atoms with Crippen LogP contribution in [0.5, 0.6) is 0 Å². The van der Waals surface area contributed by atoms with Crippen LogP contribution < -0.4 is 16.0 Å². The first-order valence-electron chi connectivity index (χ1n) is 12.6. The van der Waals surface area contributed by atoms with Crippen LogP contribution in [0.4, 0.5) is 11.4 Å². The van der Waals surface area contributed by atoms with Crippen molar-refractivity contribution in [2.24, 2.45) is 0 Å². The molecule has 0 aliphatic rings. The minimum Gasteiger partial charge on any atom is -0.325 e. The minimum absolute atomic E-state index is 0.0263. The summed E-state index contributed by atoms with van der Waals surface area (Å²) in [5.41, 5.74) is 2.71. The molecule has 3 amide bonds. The molecule has 0 fully saturated rings. The van der Waals surface area contributed by atoms with E-state index < -0.39 is 11.8 Å². The van der Waals surface area contributed by atoms with Gasteiger partial charge in [-0.15, -0.1) is 11.8 Å². The maximum atomic E-state index is 13.2. The van der Waals surface area contributed by atoms with Gasteiger partial charge in [-0.25, -0.2) is 0 Å². The van der Waals surface area contributed by atoms with Crippen molar-refractivity contribution in [3.63, 3.8) is 0 Å². The summed E-state index contributed by atoms with van der Waals surface area (Å²) in [6.07, 6.45) is 1.52. The topological polar surface area (TPSA) is 104 Å². The van der Waals surface area contributed by atoms with Crippen molar-refractivity contribution in [2.45, 2.75) is 11.8 Å². The lowest BCUT2D eigenvalue weighted by molar-refractivity contribution is -0.114. The highest BCUT2D eigenvalue weighted by molar-refractivity contribution is 8.00. The summed E-state index contributed by atoms with van der Waals surface area (Å²) in [4.78, 5) is 50.6. The molecule has 0 unspecified atom stereocenters. The van der Waals surface area contributed by atoms with E-state index in [2.05, 4.69) is 16.0 Å². The number of hydrogen-bond donors (Lipinski definition) is 3. The second-order valence-corrected chi connectivity index (χ2v) is 10.3. The molecule has 0 heterocycles. The zero-order valence-corrected chi connectivity index (χ0v) is 23.6. The van der Waals surface area contributed by atoms with Gasteiger partial charge in [0, 0.05) is 32.4 Å².